The van der Waals surface area contributed by atoms with Gasteiger partial charge in [0.15, 0.2) is 5.13 Å². The Morgan fingerprint density at radius 1 is 1.64 bits per heavy atom. The van der Waals surface area contributed by atoms with Crippen molar-refractivity contribution in [1.29, 1.82) is 0 Å². The second-order valence-electron chi connectivity index (χ2n) is 3.12. The normalized spacial score (nSPS) is 17.7. The standard InChI is InChI=1S/C7H10N2O3S2/c10-14(11,5-6-3-12-4-6)9-7-8-1-2-13-7/h1-2,6H,3-5H2,(H,8,9). The zero-order chi connectivity index (χ0) is 10.0. The summed E-state index contributed by atoms with van der Waals surface area (Å²) < 4.78 is 30.3. The highest BCUT2D eigenvalue weighted by Crippen LogP contribution is 2.16. The fraction of sp³-hybridized carbons (Fsp3) is 0.571. The lowest BCUT2D eigenvalue weighted by molar-refractivity contribution is -0.0203. The van der Waals surface area contributed by atoms with Crippen molar-refractivity contribution in [2.75, 3.05) is 23.7 Å². The monoisotopic (exact) mass is 234 g/mol. The molecule has 0 spiro atoms. The highest BCUT2D eigenvalue weighted by molar-refractivity contribution is 7.92. The van der Waals surface area contributed by atoms with Crippen molar-refractivity contribution in [1.82, 2.24) is 4.98 Å². The van der Waals surface area contributed by atoms with Crippen molar-refractivity contribution in [2.45, 2.75) is 0 Å². The predicted molar refractivity (Wildman–Crippen MR) is 53.8 cm³/mol. The van der Waals surface area contributed by atoms with Crippen molar-refractivity contribution in [3.05, 3.63) is 11.6 Å². The van der Waals surface area contributed by atoms with Crippen LogP contribution in [0, 0.1) is 5.92 Å². The number of ether oxygens (including phenoxy) is 1. The number of hydrogen-bond acceptors (Lipinski definition) is 5. The number of thiazole rings is 1. The van der Waals surface area contributed by atoms with Crippen molar-refractivity contribution < 1.29 is 13.2 Å². The minimum atomic E-state index is -3.25. The number of hydrogen-bond donors (Lipinski definition) is 1. The number of sulfonamides is 1. The van der Waals surface area contributed by atoms with Gasteiger partial charge in [-0.1, -0.05) is 0 Å². The average Bonchev–Trinajstić information content (AvgIpc) is 2.49. The molecule has 2 heterocycles. The Balaban J connectivity index is 1.95. The molecule has 5 nitrogen and oxygen atoms in total. The highest BCUT2D eigenvalue weighted by Gasteiger charge is 2.25. The van der Waals surface area contributed by atoms with Crippen LogP contribution >= 0.6 is 11.3 Å². The summed E-state index contributed by atoms with van der Waals surface area (Å²) in [5.41, 5.74) is 0. The van der Waals surface area contributed by atoms with E-state index in [9.17, 15) is 8.42 Å². The van der Waals surface area contributed by atoms with Gasteiger partial charge in [0, 0.05) is 17.5 Å². The van der Waals surface area contributed by atoms with Crippen molar-refractivity contribution in [2.24, 2.45) is 5.92 Å². The first kappa shape index (κ1) is 9.88. The lowest BCUT2D eigenvalue weighted by atomic mass is 10.1. The Hall–Kier alpha value is -0.660. The Labute approximate surface area is 86.2 Å². The van der Waals surface area contributed by atoms with Gasteiger partial charge >= 0.3 is 0 Å². The van der Waals surface area contributed by atoms with Crippen LogP contribution in [0.4, 0.5) is 5.13 Å². The summed E-state index contributed by atoms with van der Waals surface area (Å²) in [6.45, 7) is 1.08. The SMILES string of the molecule is O=S(=O)(CC1COC1)Nc1nccs1. The molecule has 1 aliphatic heterocycles. The van der Waals surface area contributed by atoms with E-state index in [4.69, 9.17) is 4.74 Å². The largest absolute Gasteiger partial charge is 0.381 e. The third-order valence-corrected chi connectivity index (χ3v) is 4.07. The molecule has 1 N–H and O–H groups in total. The van der Waals surface area contributed by atoms with Crippen LogP contribution in [-0.2, 0) is 14.8 Å². The minimum Gasteiger partial charge on any atom is -0.381 e. The fourth-order valence-corrected chi connectivity index (χ4v) is 3.30. The Morgan fingerprint density at radius 3 is 2.93 bits per heavy atom. The third-order valence-electron chi connectivity index (χ3n) is 1.84. The Morgan fingerprint density at radius 2 is 2.43 bits per heavy atom. The van der Waals surface area contributed by atoms with E-state index in [2.05, 4.69) is 9.71 Å². The van der Waals surface area contributed by atoms with E-state index in [1.165, 1.54) is 11.3 Å². The van der Waals surface area contributed by atoms with E-state index in [1.807, 2.05) is 0 Å². The first-order valence-electron chi connectivity index (χ1n) is 4.13. The molecule has 0 atom stereocenters. The maximum atomic E-state index is 11.5. The number of nitrogens with zero attached hydrogens (tertiary/aromatic N) is 1. The second kappa shape index (κ2) is 3.84. The molecule has 0 unspecified atom stereocenters. The summed E-state index contributed by atoms with van der Waals surface area (Å²) in [4.78, 5) is 3.85. The lowest BCUT2D eigenvalue weighted by Crippen LogP contribution is -2.35. The fourth-order valence-electron chi connectivity index (χ4n) is 1.14. The molecule has 0 amide bonds. The van der Waals surface area contributed by atoms with E-state index >= 15 is 0 Å². The third kappa shape index (κ3) is 2.43. The molecular formula is C7H10N2O3S2. The summed E-state index contributed by atoms with van der Waals surface area (Å²) in [5.74, 6) is 0.250. The van der Waals surface area contributed by atoms with E-state index in [0.717, 1.165) is 0 Å². The van der Waals surface area contributed by atoms with Gasteiger partial charge in [0.25, 0.3) is 0 Å². The molecule has 7 heteroatoms. The molecule has 0 radical (unpaired) electrons. The molecule has 1 aromatic heterocycles. The van der Waals surface area contributed by atoms with Gasteiger partial charge in [0.05, 0.1) is 19.0 Å². The topological polar surface area (TPSA) is 68.3 Å². The molecule has 1 aliphatic rings. The quantitative estimate of drug-likeness (QED) is 0.825. The second-order valence-corrected chi connectivity index (χ2v) is 5.79. The van der Waals surface area contributed by atoms with Crippen LogP contribution in [0.15, 0.2) is 11.6 Å². The first-order chi connectivity index (χ1) is 6.66. The molecule has 14 heavy (non-hydrogen) atoms. The molecule has 1 fully saturated rings. The highest BCUT2D eigenvalue weighted by atomic mass is 32.2. The molecular weight excluding hydrogens is 224 g/mol. The van der Waals surface area contributed by atoms with Gasteiger partial charge in [-0.25, -0.2) is 13.4 Å². The van der Waals surface area contributed by atoms with Crippen molar-refractivity contribution in [3.63, 3.8) is 0 Å². The number of aromatic nitrogens is 1. The summed E-state index contributed by atoms with van der Waals surface area (Å²) in [6, 6.07) is 0. The first-order valence-corrected chi connectivity index (χ1v) is 6.67. The van der Waals surface area contributed by atoms with E-state index < -0.39 is 10.0 Å². The number of rotatable bonds is 4. The number of nitrogens with one attached hydrogen (secondary N) is 1. The van der Waals surface area contributed by atoms with Crippen LogP contribution in [0.25, 0.3) is 0 Å². The van der Waals surface area contributed by atoms with Crippen LogP contribution < -0.4 is 4.72 Å². The van der Waals surface area contributed by atoms with Gasteiger partial charge in [-0.05, 0) is 0 Å². The van der Waals surface area contributed by atoms with E-state index in [0.29, 0.717) is 18.3 Å². The van der Waals surface area contributed by atoms with Crippen molar-refractivity contribution >= 4 is 26.5 Å². The van der Waals surface area contributed by atoms with Crippen LogP contribution in [0.2, 0.25) is 0 Å². The van der Waals surface area contributed by atoms with Gasteiger partial charge in [-0.15, -0.1) is 11.3 Å². The van der Waals surface area contributed by atoms with Crippen LogP contribution in [0.3, 0.4) is 0 Å². The molecule has 1 saturated heterocycles. The molecule has 0 bridgehead atoms. The Bertz CT molecular complexity index is 383. The maximum absolute atomic E-state index is 11.5. The number of anilines is 1. The van der Waals surface area contributed by atoms with Crippen LogP contribution in [-0.4, -0.2) is 32.4 Å². The van der Waals surface area contributed by atoms with Gasteiger partial charge in [0.2, 0.25) is 10.0 Å². The molecule has 78 valence electrons. The summed E-state index contributed by atoms with van der Waals surface area (Å²) in [6.07, 6.45) is 1.56. The van der Waals surface area contributed by atoms with Gasteiger partial charge in [0.1, 0.15) is 0 Å². The summed E-state index contributed by atoms with van der Waals surface area (Å²) in [5, 5.41) is 2.15. The molecule has 0 aromatic carbocycles. The summed E-state index contributed by atoms with van der Waals surface area (Å²) in [7, 11) is -3.25. The predicted octanol–water partition coefficient (Wildman–Crippen LogP) is 0.531. The minimum absolute atomic E-state index is 0.118. The maximum Gasteiger partial charge on any atom is 0.234 e. The molecule has 1 aromatic rings. The van der Waals surface area contributed by atoms with Crippen LogP contribution in [0.5, 0.6) is 0 Å². The van der Waals surface area contributed by atoms with Gasteiger partial charge in [-0.3, -0.25) is 4.72 Å². The zero-order valence-corrected chi connectivity index (χ0v) is 8.97. The molecule has 2 rings (SSSR count). The van der Waals surface area contributed by atoms with Crippen LogP contribution in [0.1, 0.15) is 0 Å². The molecule has 0 saturated carbocycles. The van der Waals surface area contributed by atoms with Gasteiger partial charge in [-0.2, -0.15) is 0 Å². The molecule has 0 aliphatic carbocycles. The van der Waals surface area contributed by atoms with E-state index in [1.54, 1.807) is 11.6 Å². The summed E-state index contributed by atoms with van der Waals surface area (Å²) >= 11 is 1.27. The average molecular weight is 234 g/mol. The zero-order valence-electron chi connectivity index (χ0n) is 7.34. The smallest absolute Gasteiger partial charge is 0.234 e. The lowest BCUT2D eigenvalue weighted by Gasteiger charge is -2.25. The van der Waals surface area contributed by atoms with E-state index in [-0.39, 0.29) is 11.7 Å². The van der Waals surface area contributed by atoms with Gasteiger partial charge < -0.3 is 4.74 Å². The van der Waals surface area contributed by atoms with Crippen molar-refractivity contribution in [3.8, 4) is 0 Å². The Kier molecular flexibility index (Phi) is 2.71.